The number of benzene rings is 1. The first kappa shape index (κ1) is 16.9. The Balaban J connectivity index is 1.96. The van der Waals surface area contributed by atoms with E-state index >= 15 is 0 Å². The summed E-state index contributed by atoms with van der Waals surface area (Å²) in [5.41, 5.74) is 3.27. The number of carbonyl (C=O) groups is 1. The van der Waals surface area contributed by atoms with E-state index in [2.05, 4.69) is 18.8 Å². The van der Waals surface area contributed by atoms with E-state index in [1.807, 2.05) is 19.1 Å². The molecule has 0 saturated carbocycles. The number of rotatable bonds is 4. The lowest BCUT2D eigenvalue weighted by molar-refractivity contribution is 0.0473. The second-order valence-electron chi connectivity index (χ2n) is 6.27. The highest BCUT2D eigenvalue weighted by Gasteiger charge is 2.13. The summed E-state index contributed by atoms with van der Waals surface area (Å²) in [5, 5.41) is 0.785. The van der Waals surface area contributed by atoms with Crippen molar-refractivity contribution in [2.75, 3.05) is 0 Å². The van der Waals surface area contributed by atoms with Gasteiger partial charge in [0.25, 0.3) is 0 Å². The topological polar surface area (TPSA) is 69.4 Å². The number of hydrogen-bond acceptors (Lipinski definition) is 5. The van der Waals surface area contributed by atoms with Gasteiger partial charge in [-0.2, -0.15) is 0 Å². The van der Waals surface area contributed by atoms with Crippen molar-refractivity contribution in [3.05, 3.63) is 75.4 Å². The first-order chi connectivity index (χ1) is 12.0. The molecule has 0 spiro atoms. The number of ether oxygens (including phenoxy) is 1. The zero-order chi connectivity index (χ0) is 18.0. The van der Waals surface area contributed by atoms with E-state index in [0.29, 0.717) is 22.6 Å². The normalized spacial score (nSPS) is 11.0. The lowest BCUT2D eigenvalue weighted by Crippen LogP contribution is -2.08. The van der Waals surface area contributed by atoms with Crippen molar-refractivity contribution < 1.29 is 13.9 Å². The number of fused-ring (bicyclic) bond motifs is 1. The maximum absolute atomic E-state index is 12.1. The molecule has 0 N–H and O–H groups in total. The van der Waals surface area contributed by atoms with Crippen LogP contribution in [0, 0.1) is 6.92 Å². The monoisotopic (exact) mass is 337 g/mol. The standard InChI is InChI=1S/C20H19NO4/c1-12(2)16-9-17-15(8-19(22)25-18(17)7-13(16)3)11-24-20(23)14-5-4-6-21-10-14/h4-10,12H,11H2,1-3H3. The number of pyridine rings is 1. The Morgan fingerprint density at radius 2 is 2.08 bits per heavy atom. The molecule has 128 valence electrons. The average molecular weight is 337 g/mol. The summed E-state index contributed by atoms with van der Waals surface area (Å²) in [4.78, 5) is 27.8. The molecule has 0 unspecified atom stereocenters. The van der Waals surface area contributed by atoms with Gasteiger partial charge in [0.15, 0.2) is 0 Å². The third-order valence-electron chi connectivity index (χ3n) is 4.09. The van der Waals surface area contributed by atoms with Crippen molar-refractivity contribution >= 4 is 16.9 Å². The van der Waals surface area contributed by atoms with Crippen LogP contribution in [-0.2, 0) is 11.3 Å². The summed E-state index contributed by atoms with van der Waals surface area (Å²) in [6.07, 6.45) is 3.03. The number of nitrogens with zero attached hydrogens (tertiary/aromatic N) is 1. The fourth-order valence-electron chi connectivity index (χ4n) is 2.84. The van der Waals surface area contributed by atoms with E-state index in [1.54, 1.807) is 18.3 Å². The van der Waals surface area contributed by atoms with E-state index in [0.717, 1.165) is 10.9 Å². The fraction of sp³-hybridized carbons (Fsp3) is 0.250. The summed E-state index contributed by atoms with van der Waals surface area (Å²) in [6, 6.07) is 8.54. The van der Waals surface area contributed by atoms with Crippen molar-refractivity contribution in [2.45, 2.75) is 33.3 Å². The Morgan fingerprint density at radius 3 is 2.76 bits per heavy atom. The molecular weight excluding hydrogens is 318 g/mol. The van der Waals surface area contributed by atoms with Crippen molar-refractivity contribution in [2.24, 2.45) is 0 Å². The highest BCUT2D eigenvalue weighted by atomic mass is 16.5. The van der Waals surface area contributed by atoms with Crippen LogP contribution in [0.15, 0.2) is 51.9 Å². The SMILES string of the molecule is Cc1cc2oc(=O)cc(COC(=O)c3cccnc3)c2cc1C(C)C. The Hall–Kier alpha value is -2.95. The Bertz CT molecular complexity index is 974. The first-order valence-corrected chi connectivity index (χ1v) is 8.10. The molecule has 2 heterocycles. The van der Waals surface area contributed by atoms with Crippen LogP contribution >= 0.6 is 0 Å². The van der Waals surface area contributed by atoms with Crippen LogP contribution in [0.5, 0.6) is 0 Å². The summed E-state index contributed by atoms with van der Waals surface area (Å²) >= 11 is 0. The number of aromatic nitrogens is 1. The summed E-state index contributed by atoms with van der Waals surface area (Å²) in [6.45, 7) is 6.20. The molecule has 5 nitrogen and oxygen atoms in total. The van der Waals surface area contributed by atoms with Gasteiger partial charge in [0.1, 0.15) is 12.2 Å². The van der Waals surface area contributed by atoms with Crippen LogP contribution in [0.1, 0.15) is 46.8 Å². The van der Waals surface area contributed by atoms with Crippen molar-refractivity contribution in [1.82, 2.24) is 4.98 Å². The minimum absolute atomic E-state index is 0.00355. The molecule has 0 fully saturated rings. The van der Waals surface area contributed by atoms with Crippen LogP contribution in [-0.4, -0.2) is 11.0 Å². The molecule has 0 aliphatic rings. The van der Waals surface area contributed by atoms with Crippen LogP contribution < -0.4 is 5.63 Å². The molecule has 0 amide bonds. The molecular formula is C20H19NO4. The van der Waals surface area contributed by atoms with Gasteiger partial charge in [0, 0.05) is 29.4 Å². The molecule has 3 rings (SSSR count). The molecule has 0 bridgehead atoms. The Kier molecular flexibility index (Phi) is 4.65. The predicted octanol–water partition coefficient (Wildman–Crippen LogP) is 3.98. The number of esters is 1. The maximum Gasteiger partial charge on any atom is 0.340 e. The van der Waals surface area contributed by atoms with Gasteiger partial charge >= 0.3 is 11.6 Å². The molecule has 25 heavy (non-hydrogen) atoms. The van der Waals surface area contributed by atoms with Crippen LogP contribution in [0.4, 0.5) is 0 Å². The van der Waals surface area contributed by atoms with Crippen molar-refractivity contribution in [3.63, 3.8) is 0 Å². The molecule has 0 aliphatic heterocycles. The van der Waals surface area contributed by atoms with Gasteiger partial charge in [-0.15, -0.1) is 0 Å². The smallest absolute Gasteiger partial charge is 0.340 e. The zero-order valence-corrected chi connectivity index (χ0v) is 14.4. The van der Waals surface area contributed by atoms with Gasteiger partial charge in [0.2, 0.25) is 0 Å². The Morgan fingerprint density at radius 1 is 1.28 bits per heavy atom. The minimum Gasteiger partial charge on any atom is -0.457 e. The highest BCUT2D eigenvalue weighted by Crippen LogP contribution is 2.27. The third-order valence-corrected chi connectivity index (χ3v) is 4.09. The first-order valence-electron chi connectivity index (χ1n) is 8.10. The van der Waals surface area contributed by atoms with Crippen LogP contribution in [0.2, 0.25) is 0 Å². The van der Waals surface area contributed by atoms with Gasteiger partial charge in [-0.1, -0.05) is 13.8 Å². The lowest BCUT2D eigenvalue weighted by Gasteiger charge is -2.13. The molecule has 5 heteroatoms. The summed E-state index contributed by atoms with van der Waals surface area (Å²) in [5.74, 6) is -0.146. The fourth-order valence-corrected chi connectivity index (χ4v) is 2.84. The van der Waals surface area contributed by atoms with Gasteiger partial charge in [-0.05, 0) is 48.2 Å². The Labute approximate surface area is 145 Å². The third kappa shape index (κ3) is 3.60. The molecule has 0 saturated heterocycles. The second kappa shape index (κ2) is 6.89. The summed E-state index contributed by atoms with van der Waals surface area (Å²) in [7, 11) is 0. The zero-order valence-electron chi connectivity index (χ0n) is 14.4. The van der Waals surface area contributed by atoms with Crippen molar-refractivity contribution in [3.8, 4) is 0 Å². The van der Waals surface area contributed by atoms with Gasteiger partial charge in [-0.25, -0.2) is 9.59 Å². The number of hydrogen-bond donors (Lipinski definition) is 0. The van der Waals surface area contributed by atoms with Gasteiger partial charge < -0.3 is 9.15 Å². The predicted molar refractivity (Wildman–Crippen MR) is 94.7 cm³/mol. The highest BCUT2D eigenvalue weighted by molar-refractivity contribution is 5.89. The van der Waals surface area contributed by atoms with Crippen LogP contribution in [0.25, 0.3) is 11.0 Å². The molecule has 1 aromatic carbocycles. The van der Waals surface area contributed by atoms with E-state index < -0.39 is 11.6 Å². The summed E-state index contributed by atoms with van der Waals surface area (Å²) < 4.78 is 10.7. The van der Waals surface area contributed by atoms with Crippen molar-refractivity contribution in [1.29, 1.82) is 0 Å². The van der Waals surface area contributed by atoms with Crippen LogP contribution in [0.3, 0.4) is 0 Å². The van der Waals surface area contributed by atoms with E-state index in [1.165, 1.54) is 17.8 Å². The number of aryl methyl sites for hydroxylation is 1. The number of carbonyl (C=O) groups excluding carboxylic acids is 1. The largest absolute Gasteiger partial charge is 0.457 e. The lowest BCUT2D eigenvalue weighted by atomic mass is 9.95. The average Bonchev–Trinajstić information content (AvgIpc) is 2.59. The van der Waals surface area contributed by atoms with E-state index in [4.69, 9.17) is 9.15 Å². The maximum atomic E-state index is 12.1. The molecule has 2 aromatic heterocycles. The molecule has 0 atom stereocenters. The minimum atomic E-state index is -0.481. The quantitative estimate of drug-likeness (QED) is 0.532. The van der Waals surface area contributed by atoms with E-state index in [9.17, 15) is 9.59 Å². The molecule has 0 aliphatic carbocycles. The van der Waals surface area contributed by atoms with E-state index in [-0.39, 0.29) is 6.61 Å². The van der Waals surface area contributed by atoms with Gasteiger partial charge in [0.05, 0.1) is 5.56 Å². The van der Waals surface area contributed by atoms with Gasteiger partial charge in [-0.3, -0.25) is 4.98 Å². The molecule has 3 aromatic rings. The second-order valence-corrected chi connectivity index (χ2v) is 6.27. The molecule has 0 radical (unpaired) electrons.